The Balaban J connectivity index is 2.43. The first kappa shape index (κ1) is 8.12. The Hall–Kier alpha value is -2.08. The van der Waals surface area contributed by atoms with Crippen LogP contribution in [0.4, 0.5) is 0 Å². The minimum atomic E-state index is 1.30. The second-order valence-electron chi connectivity index (χ2n) is 4.33. The van der Waals surface area contributed by atoms with E-state index in [0.717, 1.165) is 0 Å². The minimum absolute atomic E-state index is 1.30. The van der Waals surface area contributed by atoms with Gasteiger partial charge >= 0.3 is 0 Å². The largest absolute Gasteiger partial charge is 0.0616 e. The summed E-state index contributed by atoms with van der Waals surface area (Å²) < 4.78 is 0. The van der Waals surface area contributed by atoms with Crippen molar-refractivity contribution in [3.05, 3.63) is 60.7 Å². The first-order chi connectivity index (χ1) is 7.92. The Morgan fingerprint density at radius 1 is 0.500 bits per heavy atom. The molecule has 0 heteroatoms. The lowest BCUT2D eigenvalue weighted by Crippen LogP contribution is -1.81. The molecule has 0 nitrogen and oxygen atoms in total. The van der Waals surface area contributed by atoms with Crippen LogP contribution in [0.3, 0.4) is 0 Å². The molecule has 0 spiro atoms. The smallest absolute Gasteiger partial charge is 0.00990 e. The van der Waals surface area contributed by atoms with Crippen molar-refractivity contribution in [2.75, 3.05) is 0 Å². The Kier molecular flexibility index (Phi) is 1.39. The molecule has 0 saturated heterocycles. The zero-order chi connectivity index (χ0) is 10.5. The van der Waals surface area contributed by atoms with Crippen molar-refractivity contribution in [1.29, 1.82) is 0 Å². The highest BCUT2D eigenvalue weighted by atomic mass is 14.1. The fraction of sp³-hybridized carbons (Fsp3) is 0. The fourth-order valence-corrected chi connectivity index (χ4v) is 2.58. The van der Waals surface area contributed by atoms with Crippen LogP contribution in [-0.2, 0) is 0 Å². The molecule has 0 heterocycles. The Morgan fingerprint density at radius 2 is 1.31 bits per heavy atom. The normalized spacial score (nSPS) is 11.8. The van der Waals surface area contributed by atoms with Crippen molar-refractivity contribution >= 4 is 32.3 Å². The SMILES string of the molecule is c1ccc2c(c1)cc1ccc3ccc2c1c3. The summed E-state index contributed by atoms with van der Waals surface area (Å²) >= 11 is 0. The minimum Gasteiger partial charge on any atom is -0.0616 e. The lowest BCUT2D eigenvalue weighted by atomic mass is 9.96. The van der Waals surface area contributed by atoms with Gasteiger partial charge in [-0.2, -0.15) is 0 Å². The lowest BCUT2D eigenvalue weighted by Gasteiger charge is -2.08. The second-order valence-corrected chi connectivity index (χ2v) is 4.33. The Morgan fingerprint density at radius 3 is 2.31 bits per heavy atom. The van der Waals surface area contributed by atoms with Crippen LogP contribution in [0.2, 0.25) is 0 Å². The molecule has 4 aromatic carbocycles. The van der Waals surface area contributed by atoms with Crippen LogP contribution in [0.25, 0.3) is 32.3 Å². The number of hydrogen-bond acceptors (Lipinski definition) is 0. The predicted octanol–water partition coefficient (Wildman–Crippen LogP) is 4.58. The summed E-state index contributed by atoms with van der Waals surface area (Å²) in [6.07, 6.45) is 0. The topological polar surface area (TPSA) is 0 Å². The standard InChI is InChI=1S/C16H10/c1-2-4-14-12(3-1)10-13-7-5-11-6-8-15(14)16(13)9-11/h1-10H. The van der Waals surface area contributed by atoms with E-state index < -0.39 is 0 Å². The van der Waals surface area contributed by atoms with Gasteiger partial charge in [-0.3, -0.25) is 0 Å². The van der Waals surface area contributed by atoms with E-state index in [4.69, 9.17) is 0 Å². The van der Waals surface area contributed by atoms with Crippen LogP contribution >= 0.6 is 0 Å². The summed E-state index contributed by atoms with van der Waals surface area (Å²) in [6, 6.07) is 22.0. The second kappa shape index (κ2) is 2.73. The van der Waals surface area contributed by atoms with E-state index in [9.17, 15) is 0 Å². The average molecular weight is 202 g/mol. The molecular weight excluding hydrogens is 192 g/mol. The van der Waals surface area contributed by atoms with Gasteiger partial charge in [-0.1, -0.05) is 48.5 Å². The molecule has 0 amide bonds. The van der Waals surface area contributed by atoms with Gasteiger partial charge in [-0.15, -0.1) is 0 Å². The molecule has 0 N–H and O–H groups in total. The summed E-state index contributed by atoms with van der Waals surface area (Å²) in [5.41, 5.74) is 0. The molecule has 2 bridgehead atoms. The van der Waals surface area contributed by atoms with Crippen molar-refractivity contribution in [3.63, 3.8) is 0 Å². The molecule has 0 aliphatic rings. The molecule has 4 rings (SSSR count). The van der Waals surface area contributed by atoms with Crippen LogP contribution in [0.15, 0.2) is 60.7 Å². The Bertz CT molecular complexity index is 781. The van der Waals surface area contributed by atoms with Gasteiger partial charge in [0.1, 0.15) is 0 Å². The summed E-state index contributed by atoms with van der Waals surface area (Å²) in [6.45, 7) is 0. The molecule has 0 atom stereocenters. The number of fused-ring (bicyclic) bond motifs is 3. The van der Waals surface area contributed by atoms with Gasteiger partial charge in [0, 0.05) is 0 Å². The van der Waals surface area contributed by atoms with Gasteiger partial charge in [-0.05, 0) is 44.5 Å². The fourth-order valence-electron chi connectivity index (χ4n) is 2.58. The lowest BCUT2D eigenvalue weighted by molar-refractivity contribution is 1.78. The van der Waals surface area contributed by atoms with Gasteiger partial charge in [0.05, 0.1) is 0 Å². The van der Waals surface area contributed by atoms with Crippen LogP contribution in [-0.4, -0.2) is 0 Å². The third-order valence-electron chi connectivity index (χ3n) is 3.37. The predicted molar refractivity (Wildman–Crippen MR) is 70.1 cm³/mol. The molecular formula is C16H10. The monoisotopic (exact) mass is 202 g/mol. The zero-order valence-corrected chi connectivity index (χ0v) is 8.77. The highest BCUT2D eigenvalue weighted by molar-refractivity contribution is 6.16. The van der Waals surface area contributed by atoms with Crippen LogP contribution in [0.1, 0.15) is 0 Å². The van der Waals surface area contributed by atoms with Crippen LogP contribution in [0.5, 0.6) is 0 Å². The molecule has 0 aromatic heterocycles. The zero-order valence-electron chi connectivity index (χ0n) is 8.77. The Labute approximate surface area is 93.5 Å². The van der Waals surface area contributed by atoms with Crippen molar-refractivity contribution in [2.24, 2.45) is 0 Å². The third kappa shape index (κ3) is 0.938. The number of hydrogen-bond donors (Lipinski definition) is 0. The number of rotatable bonds is 0. The van der Waals surface area contributed by atoms with Crippen molar-refractivity contribution in [1.82, 2.24) is 0 Å². The summed E-state index contributed by atoms with van der Waals surface area (Å²) in [7, 11) is 0. The van der Waals surface area contributed by atoms with Gasteiger partial charge in [-0.25, -0.2) is 0 Å². The van der Waals surface area contributed by atoms with E-state index in [1.54, 1.807) is 0 Å². The van der Waals surface area contributed by atoms with Gasteiger partial charge in [0.2, 0.25) is 0 Å². The molecule has 0 aliphatic carbocycles. The van der Waals surface area contributed by atoms with E-state index in [2.05, 4.69) is 60.7 Å². The molecule has 0 fully saturated rings. The first-order valence-electron chi connectivity index (χ1n) is 5.55. The van der Waals surface area contributed by atoms with Crippen molar-refractivity contribution in [3.8, 4) is 0 Å². The maximum absolute atomic E-state index is 2.27. The van der Waals surface area contributed by atoms with E-state index >= 15 is 0 Å². The molecule has 4 aromatic rings. The molecule has 0 unspecified atom stereocenters. The molecule has 0 radical (unpaired) electrons. The highest BCUT2D eigenvalue weighted by Crippen LogP contribution is 2.31. The maximum atomic E-state index is 2.27. The van der Waals surface area contributed by atoms with Gasteiger partial charge in [0.15, 0.2) is 0 Å². The third-order valence-corrected chi connectivity index (χ3v) is 3.37. The van der Waals surface area contributed by atoms with Crippen LogP contribution < -0.4 is 0 Å². The molecule has 74 valence electrons. The van der Waals surface area contributed by atoms with E-state index in [1.165, 1.54) is 32.3 Å². The van der Waals surface area contributed by atoms with Crippen molar-refractivity contribution < 1.29 is 0 Å². The van der Waals surface area contributed by atoms with Crippen LogP contribution in [0, 0.1) is 0 Å². The first-order valence-corrected chi connectivity index (χ1v) is 5.55. The maximum Gasteiger partial charge on any atom is -0.00990 e. The quantitative estimate of drug-likeness (QED) is 0.289. The summed E-state index contributed by atoms with van der Waals surface area (Å²) in [4.78, 5) is 0. The molecule has 0 aliphatic heterocycles. The summed E-state index contributed by atoms with van der Waals surface area (Å²) in [5.74, 6) is 0. The summed E-state index contributed by atoms with van der Waals surface area (Å²) in [5, 5.41) is 8.05. The molecule has 16 heavy (non-hydrogen) atoms. The van der Waals surface area contributed by atoms with Crippen molar-refractivity contribution in [2.45, 2.75) is 0 Å². The van der Waals surface area contributed by atoms with E-state index in [0.29, 0.717) is 0 Å². The number of benzene rings is 4. The average Bonchev–Trinajstić information content (AvgIpc) is 2.36. The van der Waals surface area contributed by atoms with Gasteiger partial charge < -0.3 is 0 Å². The molecule has 0 saturated carbocycles. The van der Waals surface area contributed by atoms with E-state index in [-0.39, 0.29) is 0 Å². The van der Waals surface area contributed by atoms with Gasteiger partial charge in [0.25, 0.3) is 0 Å². The van der Waals surface area contributed by atoms with E-state index in [1.807, 2.05) is 0 Å². The highest BCUT2D eigenvalue weighted by Gasteiger charge is 2.04.